The molecule has 0 aliphatic rings. The van der Waals surface area contributed by atoms with E-state index in [1.54, 1.807) is 0 Å². The van der Waals surface area contributed by atoms with Crippen molar-refractivity contribution < 1.29 is 32.6 Å². The zero-order valence-corrected chi connectivity index (χ0v) is 22.7. The fourth-order valence-electron chi connectivity index (χ4n) is 3.18. The van der Waals surface area contributed by atoms with Crippen molar-refractivity contribution in [1.29, 1.82) is 0 Å². The maximum absolute atomic E-state index is 12.9. The Morgan fingerprint density at radius 2 is 1.46 bits per heavy atom. The molecule has 0 bridgehead atoms. The van der Waals surface area contributed by atoms with E-state index in [1.165, 1.54) is 69.2 Å². The van der Waals surface area contributed by atoms with E-state index in [4.69, 9.17) is 28.3 Å². The number of aliphatic carboxylic acids is 1. The molecule has 0 radical (unpaired) electrons. The van der Waals surface area contributed by atoms with Gasteiger partial charge in [0.15, 0.2) is 14.7 Å². The molecule has 11 heteroatoms. The number of carboxylic acids is 1. The Hall–Kier alpha value is -1.42. The van der Waals surface area contributed by atoms with Gasteiger partial charge in [-0.3, -0.25) is 9.59 Å². The number of nitrogens with one attached hydrogen (secondary N) is 1. The van der Waals surface area contributed by atoms with Crippen LogP contribution in [-0.4, -0.2) is 54.3 Å². The minimum Gasteiger partial charge on any atom is -0.481 e. The lowest BCUT2D eigenvalue weighted by Crippen LogP contribution is -2.43. The van der Waals surface area contributed by atoms with Crippen molar-refractivity contribution in [2.75, 3.05) is 12.9 Å². The lowest BCUT2D eigenvalue weighted by atomic mass is 10.0. The molecule has 1 aromatic carbocycles. The number of amides is 1. The summed E-state index contributed by atoms with van der Waals surface area (Å²) in [4.78, 5) is 20.2. The van der Waals surface area contributed by atoms with Gasteiger partial charge >= 0.3 is 5.97 Å². The summed E-state index contributed by atoms with van der Waals surface area (Å²) in [7, 11) is -3.36. The van der Waals surface area contributed by atoms with Gasteiger partial charge in [0.2, 0.25) is 0 Å². The fraction of sp³-hybridized carbons (Fsp3) is 0.667. The zero-order valence-electron chi connectivity index (χ0n) is 20.4. The van der Waals surface area contributed by atoms with Crippen LogP contribution in [0, 0.1) is 0 Å². The summed E-state index contributed by atoms with van der Waals surface area (Å²) in [5.41, 5.74) is 0.256. The van der Waals surface area contributed by atoms with E-state index in [0.29, 0.717) is 6.42 Å². The molecule has 1 aromatic rings. The standard InChI is InChI=1S/C12H14Cl2FNO4S.C12H24O2/c1-21(19,20)8-4-2-7(3-5-8)10(17)9(6-15)16-12(18)11(13)14;1-2-3-4-5-6-7-8-9-10-11-12(13)14/h2-5,9-11,17H,6H2,1H3,(H,16,18);2-11H2,1H3,(H,13,14)/t9-,10-;/m1./s1. The summed E-state index contributed by atoms with van der Waals surface area (Å²) in [6, 6.07) is 4.03. The summed E-state index contributed by atoms with van der Waals surface area (Å²) in [5, 5.41) is 20.6. The number of carbonyl (C=O) groups excluding carboxylic acids is 1. The second-order valence-corrected chi connectivity index (χ2v) is 11.4. The molecule has 0 saturated carbocycles. The fourth-order valence-corrected chi connectivity index (χ4v) is 3.94. The molecule has 3 N–H and O–H groups in total. The van der Waals surface area contributed by atoms with Crippen LogP contribution in [0.5, 0.6) is 0 Å². The Morgan fingerprint density at radius 3 is 1.86 bits per heavy atom. The minimum absolute atomic E-state index is 0.0702. The quantitative estimate of drug-likeness (QED) is 0.185. The molecule has 1 rings (SSSR count). The average Bonchev–Trinajstić information content (AvgIpc) is 2.80. The average molecular weight is 559 g/mol. The van der Waals surface area contributed by atoms with Gasteiger partial charge in [0, 0.05) is 12.7 Å². The molecule has 7 nitrogen and oxygen atoms in total. The molecular formula is C24H38Cl2FNO6S. The zero-order chi connectivity index (χ0) is 26.9. The lowest BCUT2D eigenvalue weighted by molar-refractivity contribution is -0.137. The number of halogens is 3. The molecule has 202 valence electrons. The molecule has 0 spiro atoms. The van der Waals surface area contributed by atoms with Gasteiger partial charge in [-0.15, -0.1) is 0 Å². The van der Waals surface area contributed by atoms with Gasteiger partial charge in [0.1, 0.15) is 12.8 Å². The summed E-state index contributed by atoms with van der Waals surface area (Å²) in [6.07, 6.45) is 11.2. The topological polar surface area (TPSA) is 121 Å². The van der Waals surface area contributed by atoms with E-state index in [-0.39, 0.29) is 10.5 Å². The Kier molecular flexibility index (Phi) is 18.0. The van der Waals surface area contributed by atoms with Gasteiger partial charge in [-0.1, -0.05) is 93.6 Å². The van der Waals surface area contributed by atoms with Crippen LogP contribution in [-0.2, 0) is 19.4 Å². The molecular weight excluding hydrogens is 520 g/mol. The lowest BCUT2D eigenvalue weighted by Gasteiger charge is -2.22. The third-order valence-electron chi connectivity index (χ3n) is 5.22. The molecule has 2 atom stereocenters. The number of aliphatic hydroxyl groups excluding tert-OH is 1. The molecule has 0 saturated heterocycles. The van der Waals surface area contributed by atoms with Crippen LogP contribution in [0.25, 0.3) is 0 Å². The molecule has 0 aliphatic heterocycles. The van der Waals surface area contributed by atoms with E-state index >= 15 is 0 Å². The maximum atomic E-state index is 12.9. The van der Waals surface area contributed by atoms with Crippen molar-refractivity contribution in [3.05, 3.63) is 29.8 Å². The van der Waals surface area contributed by atoms with E-state index in [0.717, 1.165) is 19.1 Å². The maximum Gasteiger partial charge on any atom is 0.303 e. The summed E-state index contributed by atoms with van der Waals surface area (Å²) < 4.78 is 35.6. The first-order valence-corrected chi connectivity index (χ1v) is 14.5. The van der Waals surface area contributed by atoms with Crippen molar-refractivity contribution in [2.24, 2.45) is 0 Å². The predicted molar refractivity (Wildman–Crippen MR) is 137 cm³/mol. The van der Waals surface area contributed by atoms with E-state index < -0.39 is 45.4 Å². The minimum atomic E-state index is -3.36. The number of alkyl halides is 3. The van der Waals surface area contributed by atoms with Crippen LogP contribution in [0.3, 0.4) is 0 Å². The molecule has 0 aliphatic carbocycles. The first-order chi connectivity index (χ1) is 16.4. The highest BCUT2D eigenvalue weighted by atomic mass is 35.5. The van der Waals surface area contributed by atoms with Crippen LogP contribution < -0.4 is 5.32 Å². The van der Waals surface area contributed by atoms with Crippen molar-refractivity contribution >= 4 is 44.9 Å². The first-order valence-electron chi connectivity index (χ1n) is 11.8. The Bertz CT molecular complexity index is 837. The highest BCUT2D eigenvalue weighted by Crippen LogP contribution is 2.20. The van der Waals surface area contributed by atoms with Gasteiger partial charge in [-0.2, -0.15) is 0 Å². The second kappa shape index (κ2) is 18.8. The molecule has 1 amide bonds. The highest BCUT2D eigenvalue weighted by Gasteiger charge is 2.25. The van der Waals surface area contributed by atoms with Crippen molar-refractivity contribution in [3.8, 4) is 0 Å². The smallest absolute Gasteiger partial charge is 0.303 e. The normalized spacial score (nSPS) is 13.0. The number of unbranched alkanes of at least 4 members (excludes halogenated alkanes) is 8. The van der Waals surface area contributed by atoms with Crippen molar-refractivity contribution in [2.45, 2.75) is 93.0 Å². The number of carbonyl (C=O) groups is 2. The summed E-state index contributed by atoms with van der Waals surface area (Å²) >= 11 is 10.7. The van der Waals surface area contributed by atoms with Crippen LogP contribution >= 0.6 is 23.2 Å². The number of sulfone groups is 1. The van der Waals surface area contributed by atoms with Crippen molar-refractivity contribution in [1.82, 2.24) is 5.32 Å². The third-order valence-corrected chi connectivity index (χ3v) is 6.74. The van der Waals surface area contributed by atoms with Crippen LogP contribution in [0.4, 0.5) is 4.39 Å². The van der Waals surface area contributed by atoms with Crippen molar-refractivity contribution in [3.63, 3.8) is 0 Å². The Balaban J connectivity index is 0.000000720. The molecule has 0 unspecified atom stereocenters. The summed E-state index contributed by atoms with van der Waals surface area (Å²) in [5.74, 6) is -1.49. The summed E-state index contributed by atoms with van der Waals surface area (Å²) in [6.45, 7) is 1.19. The van der Waals surface area contributed by atoms with Gasteiger partial charge in [0.25, 0.3) is 5.91 Å². The van der Waals surface area contributed by atoms with Gasteiger partial charge < -0.3 is 15.5 Å². The molecule has 35 heavy (non-hydrogen) atoms. The van der Waals surface area contributed by atoms with Gasteiger partial charge in [0.05, 0.1) is 10.9 Å². The number of rotatable bonds is 16. The first kappa shape index (κ1) is 33.6. The van der Waals surface area contributed by atoms with E-state index in [9.17, 15) is 27.5 Å². The van der Waals surface area contributed by atoms with Gasteiger partial charge in [-0.05, 0) is 24.1 Å². The Morgan fingerprint density at radius 1 is 0.971 bits per heavy atom. The third kappa shape index (κ3) is 16.0. The predicted octanol–water partition coefficient (Wildman–Crippen LogP) is 5.37. The molecule has 0 fully saturated rings. The monoisotopic (exact) mass is 557 g/mol. The SMILES string of the molecule is CCCCCCCCCCCC(=O)O.CS(=O)(=O)c1ccc([C@@H](O)[C@@H](CF)NC(=O)C(Cl)Cl)cc1. The second-order valence-electron chi connectivity index (χ2n) is 8.33. The number of aliphatic hydroxyl groups is 1. The van der Waals surface area contributed by atoms with E-state index in [1.807, 2.05) is 0 Å². The number of carboxylic acid groups (broad SMARTS) is 1. The highest BCUT2D eigenvalue weighted by molar-refractivity contribution is 7.90. The van der Waals surface area contributed by atoms with E-state index in [2.05, 4.69) is 12.2 Å². The Labute approximate surface area is 218 Å². The van der Waals surface area contributed by atoms with Crippen LogP contribution in [0.1, 0.15) is 82.8 Å². The molecule has 0 aromatic heterocycles. The largest absolute Gasteiger partial charge is 0.481 e. The number of hydrogen-bond donors (Lipinski definition) is 3. The number of benzene rings is 1. The number of hydrogen-bond acceptors (Lipinski definition) is 5. The van der Waals surface area contributed by atoms with Crippen LogP contribution in [0.15, 0.2) is 29.2 Å². The van der Waals surface area contributed by atoms with Crippen LogP contribution in [0.2, 0.25) is 0 Å². The van der Waals surface area contributed by atoms with Gasteiger partial charge in [-0.25, -0.2) is 12.8 Å². The molecule has 0 heterocycles.